The molecule has 0 bridgehead atoms. The Kier molecular flexibility index (Phi) is 26.8. The van der Waals surface area contributed by atoms with E-state index in [4.69, 9.17) is 24.4 Å². The molecule has 0 aliphatic rings. The second-order valence-corrected chi connectivity index (χ2v) is 18.3. The van der Waals surface area contributed by atoms with E-state index in [1.807, 2.05) is 206 Å². The number of terminal acetylenes is 3. The molecule has 0 fully saturated rings. The topological polar surface area (TPSA) is 40.5 Å². The minimum atomic E-state index is -0.966. The van der Waals surface area contributed by atoms with Crippen molar-refractivity contribution in [2.75, 3.05) is 0 Å². The standard InChI is InChI=1S/C19H16O.C16H10.C14H9Br.C8H6.C7H7Br.C5H8O/c1-19(2,20)15-14-18-12-10-17(11-13-18)9-8-16-6-4-3-5-7-16;1-2-14-8-10-16(11-9-14)13-12-15-6-4-3-5-7-15;15-14-10-8-13(9-11-14)7-6-12-4-2-1-3-5-12;1-2-8-6-4-3-5-7-8;1-6-2-4-7(8)5-3-6;1-4-5(2,3)6/h3-7,10-13,20H,1-2H3;1,3-11H;1-5,8-11H;1,3-7H;2-5H,1H3;1,6H,2-3H3. The van der Waals surface area contributed by atoms with Crippen molar-refractivity contribution in [2.45, 2.75) is 45.8 Å². The van der Waals surface area contributed by atoms with Crippen molar-refractivity contribution in [2.24, 2.45) is 0 Å². The van der Waals surface area contributed by atoms with Gasteiger partial charge in [0, 0.05) is 59.0 Å². The molecule has 0 aliphatic heterocycles. The first-order valence-electron chi connectivity index (χ1n) is 22.9. The fourth-order valence-corrected chi connectivity index (χ4v) is 5.64. The van der Waals surface area contributed by atoms with Gasteiger partial charge in [0.15, 0.2) is 0 Å². The Morgan fingerprint density at radius 3 is 0.781 bits per heavy atom. The lowest BCUT2D eigenvalue weighted by Gasteiger charge is -2.05. The number of aliphatic hydroxyl groups is 2. The predicted octanol–water partition coefficient (Wildman–Crippen LogP) is 14.9. The fourth-order valence-electron chi connectivity index (χ4n) is 5.11. The van der Waals surface area contributed by atoms with Gasteiger partial charge < -0.3 is 10.2 Å². The van der Waals surface area contributed by atoms with Gasteiger partial charge >= 0.3 is 0 Å². The van der Waals surface area contributed by atoms with Crippen molar-refractivity contribution < 1.29 is 10.2 Å². The van der Waals surface area contributed by atoms with E-state index in [1.54, 1.807) is 27.7 Å². The predicted molar refractivity (Wildman–Crippen MR) is 314 cm³/mol. The van der Waals surface area contributed by atoms with Crippen molar-refractivity contribution in [3.05, 3.63) is 283 Å². The Morgan fingerprint density at radius 1 is 0.315 bits per heavy atom. The van der Waals surface area contributed by atoms with Gasteiger partial charge in [-0.25, -0.2) is 0 Å². The third-order valence-electron chi connectivity index (χ3n) is 8.97. The average molecular weight is 1080 g/mol. The molecule has 0 spiro atoms. The van der Waals surface area contributed by atoms with Crippen LogP contribution in [0.2, 0.25) is 0 Å². The molecule has 8 aromatic rings. The first-order valence-corrected chi connectivity index (χ1v) is 24.5. The maximum absolute atomic E-state index is 9.55. The number of hydrogen-bond donors (Lipinski definition) is 2. The van der Waals surface area contributed by atoms with Crippen LogP contribution >= 0.6 is 31.9 Å². The summed E-state index contributed by atoms with van der Waals surface area (Å²) in [6.07, 6.45) is 15.2. The van der Waals surface area contributed by atoms with E-state index in [0.717, 1.165) is 59.0 Å². The first-order chi connectivity index (χ1) is 35.0. The minimum absolute atomic E-state index is 0.873. The summed E-state index contributed by atoms with van der Waals surface area (Å²) in [6, 6.07) is 71.0. The van der Waals surface area contributed by atoms with Crippen molar-refractivity contribution in [1.29, 1.82) is 0 Å². The van der Waals surface area contributed by atoms with Gasteiger partial charge in [-0.3, -0.25) is 0 Å². The van der Waals surface area contributed by atoms with Crippen LogP contribution in [0.15, 0.2) is 227 Å². The van der Waals surface area contributed by atoms with Crippen LogP contribution in [0.3, 0.4) is 0 Å². The van der Waals surface area contributed by atoms with Crippen LogP contribution in [0.4, 0.5) is 0 Å². The SMILES string of the molecule is Brc1ccc(C#Cc2ccccc2)cc1.C#CC(C)(C)O.C#Cc1ccc(C#Cc2ccccc2)cc1.C#Cc1ccccc1.CC(C)(O)C#Cc1ccc(C#Cc2ccccc2)cc1.Cc1ccc(Br)cc1. The zero-order valence-corrected chi connectivity index (χ0v) is 44.8. The van der Waals surface area contributed by atoms with Crippen LogP contribution in [-0.2, 0) is 0 Å². The molecule has 0 heterocycles. The summed E-state index contributed by atoms with van der Waals surface area (Å²) in [7, 11) is 0. The van der Waals surface area contributed by atoms with Crippen LogP contribution in [0.1, 0.15) is 83.3 Å². The molecule has 2 nitrogen and oxygen atoms in total. The van der Waals surface area contributed by atoms with E-state index in [9.17, 15) is 5.11 Å². The van der Waals surface area contributed by atoms with Gasteiger partial charge in [0.2, 0.25) is 0 Å². The number of benzene rings is 8. The molecule has 8 rings (SSSR count). The molecule has 0 atom stereocenters. The molecular formula is C69H56Br2O2. The summed E-state index contributed by atoms with van der Waals surface area (Å²) in [4.78, 5) is 0. The van der Waals surface area contributed by atoms with Crippen LogP contribution in [-0.4, -0.2) is 21.4 Å². The maximum Gasteiger partial charge on any atom is 0.120 e. The fraction of sp³-hybridized carbons (Fsp3) is 0.101. The van der Waals surface area contributed by atoms with Crippen molar-refractivity contribution >= 4 is 31.9 Å². The van der Waals surface area contributed by atoms with E-state index in [2.05, 4.69) is 116 Å². The lowest BCUT2D eigenvalue weighted by Crippen LogP contribution is -2.14. The van der Waals surface area contributed by atoms with E-state index in [0.29, 0.717) is 0 Å². The lowest BCUT2D eigenvalue weighted by molar-refractivity contribution is 0.143. The maximum atomic E-state index is 9.55. The average Bonchev–Trinajstić information content (AvgIpc) is 3.42. The number of hydrogen-bond acceptors (Lipinski definition) is 2. The molecule has 4 heteroatoms. The second-order valence-electron chi connectivity index (χ2n) is 16.5. The molecule has 2 N–H and O–H groups in total. The Bertz CT molecular complexity index is 3220. The quantitative estimate of drug-likeness (QED) is 0.149. The van der Waals surface area contributed by atoms with E-state index in [1.165, 1.54) is 5.56 Å². The molecule has 0 saturated heterocycles. The number of rotatable bonds is 0. The molecule has 73 heavy (non-hydrogen) atoms. The first kappa shape index (κ1) is 58.9. The Hall–Kier alpha value is -8.44. The van der Waals surface area contributed by atoms with Crippen LogP contribution in [0.25, 0.3) is 0 Å². The second kappa shape index (κ2) is 33.2. The highest BCUT2D eigenvalue weighted by Crippen LogP contribution is 2.11. The van der Waals surface area contributed by atoms with Crippen molar-refractivity contribution in [1.82, 2.24) is 0 Å². The van der Waals surface area contributed by atoms with Gasteiger partial charge in [0.05, 0.1) is 0 Å². The monoisotopic (exact) mass is 1070 g/mol. The lowest BCUT2D eigenvalue weighted by atomic mass is 10.1. The highest BCUT2D eigenvalue weighted by Gasteiger charge is 2.05. The number of aryl methyl sites for hydroxylation is 1. The number of halogens is 2. The van der Waals surface area contributed by atoms with Crippen LogP contribution < -0.4 is 0 Å². The molecule has 358 valence electrons. The third-order valence-corrected chi connectivity index (χ3v) is 10.0. The third kappa shape index (κ3) is 28.7. The van der Waals surface area contributed by atoms with E-state index in [-0.39, 0.29) is 0 Å². The van der Waals surface area contributed by atoms with E-state index >= 15 is 0 Å². The Morgan fingerprint density at radius 2 is 0.534 bits per heavy atom. The summed E-state index contributed by atoms with van der Waals surface area (Å²) in [5, 5.41) is 18.1. The van der Waals surface area contributed by atoms with Gasteiger partial charge in [0.25, 0.3) is 0 Å². The van der Waals surface area contributed by atoms with Crippen LogP contribution in [0.5, 0.6) is 0 Å². The molecule has 0 aromatic heterocycles. The largest absolute Gasteiger partial charge is 0.378 e. The zero-order chi connectivity index (χ0) is 53.2. The van der Waals surface area contributed by atoms with Gasteiger partial charge in [-0.2, -0.15) is 0 Å². The summed E-state index contributed by atoms with van der Waals surface area (Å²) in [5.41, 5.74) is 8.10. The van der Waals surface area contributed by atoms with Gasteiger partial charge in [-0.05, 0) is 168 Å². The van der Waals surface area contributed by atoms with Crippen molar-refractivity contribution in [3.63, 3.8) is 0 Å². The molecule has 8 aromatic carbocycles. The summed E-state index contributed by atoms with van der Waals surface area (Å²) in [6.45, 7) is 8.53. The smallest absolute Gasteiger partial charge is 0.120 e. The zero-order valence-electron chi connectivity index (χ0n) is 41.7. The highest BCUT2D eigenvalue weighted by molar-refractivity contribution is 9.10. The van der Waals surface area contributed by atoms with Gasteiger partial charge in [-0.1, -0.05) is 187 Å². The molecule has 0 saturated carbocycles. The van der Waals surface area contributed by atoms with Crippen LogP contribution in [0, 0.1) is 91.3 Å². The molecule has 0 radical (unpaired) electrons. The molecular weight excluding hydrogens is 1020 g/mol. The molecule has 0 aliphatic carbocycles. The summed E-state index contributed by atoms with van der Waals surface area (Å²) < 4.78 is 2.22. The normalized spacial score (nSPS) is 9.23. The molecule has 0 amide bonds. The Balaban J connectivity index is 0.000000242. The summed E-state index contributed by atoms with van der Waals surface area (Å²) >= 11 is 6.74. The van der Waals surface area contributed by atoms with Gasteiger partial charge in [0.1, 0.15) is 11.2 Å². The van der Waals surface area contributed by atoms with E-state index < -0.39 is 11.2 Å². The molecule has 0 unspecified atom stereocenters. The summed E-state index contributed by atoms with van der Waals surface area (Å²) in [5.74, 6) is 31.6. The van der Waals surface area contributed by atoms with Gasteiger partial charge in [-0.15, -0.1) is 19.3 Å². The Labute approximate surface area is 452 Å². The minimum Gasteiger partial charge on any atom is -0.378 e. The van der Waals surface area contributed by atoms with Crippen molar-refractivity contribution in [3.8, 4) is 84.4 Å². The highest BCUT2D eigenvalue weighted by atomic mass is 79.9.